The van der Waals surface area contributed by atoms with Crippen molar-refractivity contribution in [3.05, 3.63) is 36.2 Å². The van der Waals surface area contributed by atoms with Gasteiger partial charge in [-0.05, 0) is 32.4 Å². The van der Waals surface area contributed by atoms with E-state index in [-0.39, 0.29) is 17.1 Å². The van der Waals surface area contributed by atoms with Crippen LogP contribution < -0.4 is 4.74 Å². The Bertz CT molecular complexity index is 536. The third-order valence-corrected chi connectivity index (χ3v) is 3.27. The molecule has 0 bridgehead atoms. The number of ether oxygens (including phenoxy) is 2. The first-order valence-electron chi connectivity index (χ1n) is 7.45. The Hall–Kier alpha value is -1.72. The van der Waals surface area contributed by atoms with Gasteiger partial charge in [0.2, 0.25) is 0 Å². The Morgan fingerprint density at radius 1 is 1.13 bits per heavy atom. The van der Waals surface area contributed by atoms with Crippen LogP contribution in [-0.2, 0) is 4.74 Å². The van der Waals surface area contributed by atoms with Crippen molar-refractivity contribution in [3.8, 4) is 5.75 Å². The van der Waals surface area contributed by atoms with Crippen LogP contribution in [-0.4, -0.2) is 18.4 Å². The van der Waals surface area contributed by atoms with Crippen molar-refractivity contribution in [2.45, 2.75) is 51.8 Å². The Labute approximate surface area is 134 Å². The molecule has 0 saturated heterocycles. The summed E-state index contributed by atoms with van der Waals surface area (Å²) in [6.45, 7) is 7.92. The van der Waals surface area contributed by atoms with Crippen molar-refractivity contribution in [2.75, 3.05) is 6.61 Å². The van der Waals surface area contributed by atoms with Crippen LogP contribution in [0.2, 0.25) is 0 Å². The summed E-state index contributed by atoms with van der Waals surface area (Å²) in [5.74, 6) is -0.732. The highest BCUT2D eigenvalue weighted by Crippen LogP contribution is 2.35. The zero-order valence-corrected chi connectivity index (χ0v) is 13.6. The number of hydrogen-bond donors (Lipinski definition) is 0. The molecule has 0 fully saturated rings. The summed E-state index contributed by atoms with van der Waals surface area (Å²) >= 11 is 0. The molecule has 1 rings (SSSR count). The van der Waals surface area contributed by atoms with E-state index >= 15 is 0 Å². The first-order chi connectivity index (χ1) is 10.6. The fourth-order valence-electron chi connectivity index (χ4n) is 1.77. The van der Waals surface area contributed by atoms with Gasteiger partial charge in [0.1, 0.15) is 17.3 Å². The first-order valence-corrected chi connectivity index (χ1v) is 7.45. The normalized spacial score (nSPS) is 12.1. The molecule has 23 heavy (non-hydrogen) atoms. The van der Waals surface area contributed by atoms with Gasteiger partial charge in [0, 0.05) is 11.6 Å². The van der Waals surface area contributed by atoms with Gasteiger partial charge in [-0.3, -0.25) is 0 Å². The number of alkyl halides is 3. The van der Waals surface area contributed by atoms with Crippen LogP contribution in [0.5, 0.6) is 5.75 Å². The molecule has 0 unspecified atom stereocenters. The highest BCUT2D eigenvalue weighted by molar-refractivity contribution is 5.59. The van der Waals surface area contributed by atoms with Gasteiger partial charge in [0.05, 0.1) is 6.61 Å². The highest BCUT2D eigenvalue weighted by atomic mass is 19.4. The summed E-state index contributed by atoms with van der Waals surface area (Å²) in [4.78, 5) is 0. The van der Waals surface area contributed by atoms with E-state index in [9.17, 15) is 17.6 Å². The fourth-order valence-corrected chi connectivity index (χ4v) is 1.77. The minimum absolute atomic E-state index is 0.204. The number of halogens is 4. The monoisotopic (exact) mass is 334 g/mol. The van der Waals surface area contributed by atoms with Crippen molar-refractivity contribution in [1.82, 2.24) is 0 Å². The lowest BCUT2D eigenvalue weighted by atomic mass is 10.1. The van der Waals surface area contributed by atoms with Gasteiger partial charge in [-0.25, -0.2) is 4.39 Å². The van der Waals surface area contributed by atoms with Gasteiger partial charge in [0.25, 0.3) is 0 Å². The topological polar surface area (TPSA) is 18.5 Å². The zero-order chi connectivity index (χ0) is 17.7. The van der Waals surface area contributed by atoms with Gasteiger partial charge in [0.15, 0.2) is 5.60 Å². The average molecular weight is 334 g/mol. The predicted molar refractivity (Wildman–Crippen MR) is 81.7 cm³/mol. The van der Waals surface area contributed by atoms with Crippen molar-refractivity contribution in [2.24, 2.45) is 0 Å². The van der Waals surface area contributed by atoms with E-state index in [1.54, 1.807) is 0 Å². The van der Waals surface area contributed by atoms with Crippen molar-refractivity contribution in [1.29, 1.82) is 0 Å². The van der Waals surface area contributed by atoms with Gasteiger partial charge >= 0.3 is 6.18 Å². The zero-order valence-electron chi connectivity index (χ0n) is 13.6. The van der Waals surface area contributed by atoms with Crippen LogP contribution in [0.3, 0.4) is 0 Å². The summed E-state index contributed by atoms with van der Waals surface area (Å²) < 4.78 is 62.5. The van der Waals surface area contributed by atoms with Crippen LogP contribution in [0.1, 0.15) is 45.6 Å². The van der Waals surface area contributed by atoms with Crippen molar-refractivity contribution in [3.63, 3.8) is 0 Å². The Kier molecular flexibility index (Phi) is 6.47. The van der Waals surface area contributed by atoms with Gasteiger partial charge in [-0.2, -0.15) is 13.2 Å². The molecule has 1 aromatic rings. The molecule has 6 heteroatoms. The van der Waals surface area contributed by atoms with Crippen LogP contribution in [0.25, 0.3) is 5.76 Å². The quantitative estimate of drug-likeness (QED) is 0.344. The molecule has 130 valence electrons. The molecule has 0 aromatic heterocycles. The number of rotatable bonds is 8. The highest BCUT2D eigenvalue weighted by Gasteiger charge is 2.49. The summed E-state index contributed by atoms with van der Waals surface area (Å²) in [6.07, 6.45) is -1.73. The molecule has 0 N–H and O–H groups in total. The van der Waals surface area contributed by atoms with E-state index in [0.717, 1.165) is 45.2 Å². The molecule has 0 aliphatic carbocycles. The van der Waals surface area contributed by atoms with Gasteiger partial charge < -0.3 is 9.47 Å². The molecule has 0 aliphatic rings. The minimum Gasteiger partial charge on any atom is -0.494 e. The molecule has 1 aromatic carbocycles. The van der Waals surface area contributed by atoms with Gasteiger partial charge in [-0.15, -0.1) is 0 Å². The van der Waals surface area contributed by atoms with E-state index in [2.05, 4.69) is 6.58 Å². The van der Waals surface area contributed by atoms with E-state index in [4.69, 9.17) is 9.47 Å². The smallest absolute Gasteiger partial charge is 0.427 e. The van der Waals surface area contributed by atoms with Crippen LogP contribution in [0.4, 0.5) is 17.6 Å². The maximum atomic E-state index is 13.6. The lowest BCUT2D eigenvalue weighted by molar-refractivity contribution is -0.234. The second-order valence-electron chi connectivity index (χ2n) is 5.76. The number of unbranched alkanes of at least 4 members (excludes halogenated alkanes) is 2. The predicted octanol–water partition coefficient (Wildman–Crippen LogP) is 5.72. The average Bonchev–Trinajstić information content (AvgIpc) is 2.41. The molecule has 0 saturated carbocycles. The van der Waals surface area contributed by atoms with E-state index in [1.165, 1.54) is 6.07 Å². The summed E-state index contributed by atoms with van der Waals surface area (Å²) in [7, 11) is 0. The molecule has 0 spiro atoms. The van der Waals surface area contributed by atoms with Crippen molar-refractivity contribution >= 4 is 5.76 Å². The Morgan fingerprint density at radius 2 is 1.78 bits per heavy atom. The van der Waals surface area contributed by atoms with E-state index < -0.39 is 17.6 Å². The molecular weight excluding hydrogens is 312 g/mol. The summed E-state index contributed by atoms with van der Waals surface area (Å²) in [5, 5.41) is 0. The van der Waals surface area contributed by atoms with Crippen molar-refractivity contribution < 1.29 is 27.0 Å². The number of benzene rings is 1. The molecule has 2 nitrogen and oxygen atoms in total. The molecule has 0 heterocycles. The second kappa shape index (κ2) is 7.70. The van der Waals surface area contributed by atoms with Crippen LogP contribution in [0.15, 0.2) is 24.8 Å². The number of hydrogen-bond acceptors (Lipinski definition) is 2. The van der Waals surface area contributed by atoms with Gasteiger partial charge in [-0.1, -0.05) is 26.3 Å². The summed E-state index contributed by atoms with van der Waals surface area (Å²) in [6, 6.07) is 3.34. The second-order valence-corrected chi connectivity index (χ2v) is 5.76. The lowest BCUT2D eigenvalue weighted by Gasteiger charge is -2.29. The Morgan fingerprint density at radius 3 is 2.35 bits per heavy atom. The third-order valence-electron chi connectivity index (χ3n) is 3.27. The molecule has 0 amide bonds. The molecule has 0 aliphatic heterocycles. The van der Waals surface area contributed by atoms with Crippen LogP contribution >= 0.6 is 0 Å². The largest absolute Gasteiger partial charge is 0.494 e. The van der Waals surface area contributed by atoms with Crippen LogP contribution in [0, 0.1) is 5.82 Å². The summed E-state index contributed by atoms with van der Waals surface area (Å²) in [5.41, 5.74) is -2.17. The molecule has 0 radical (unpaired) electrons. The standard InChI is InChI=1S/C17H22F4O2/c1-5-6-7-8-22-12(2)13-9-14(18)11-15(10-13)23-16(3,4)17(19,20)21/h9-11H,2,5-8H2,1,3-4H3. The van der Waals surface area contributed by atoms with E-state index in [1.807, 2.05) is 6.92 Å². The first kappa shape index (κ1) is 19.3. The maximum absolute atomic E-state index is 13.6. The van der Waals surface area contributed by atoms with E-state index in [0.29, 0.717) is 6.61 Å². The SMILES string of the molecule is C=C(OCCCCC)c1cc(F)cc(OC(C)(C)C(F)(F)F)c1. The fraction of sp³-hybridized carbons (Fsp3) is 0.529. The maximum Gasteiger partial charge on any atom is 0.427 e. The lowest BCUT2D eigenvalue weighted by Crippen LogP contribution is -2.44. The Balaban J connectivity index is 2.85. The third kappa shape index (κ3) is 5.77. The molecule has 0 atom stereocenters. The minimum atomic E-state index is -4.58. The molecular formula is C17H22F4O2.